The van der Waals surface area contributed by atoms with Gasteiger partial charge in [-0.3, -0.25) is 0 Å². The topological polar surface area (TPSA) is 0 Å². The predicted octanol–water partition coefficient (Wildman–Crippen LogP) is 4.47. The maximum absolute atomic E-state index is 6.14. The van der Waals surface area contributed by atoms with E-state index in [4.69, 9.17) is 11.6 Å². The first-order chi connectivity index (χ1) is 5.61. The smallest absolute Gasteiger partial charge is 0.0336 e. The summed E-state index contributed by atoms with van der Waals surface area (Å²) in [6.45, 7) is 9.03. The first-order valence-corrected chi connectivity index (χ1v) is 5.69. The van der Waals surface area contributed by atoms with Gasteiger partial charge in [0.25, 0.3) is 0 Å². The molecular formula is C11H23Cl. The van der Waals surface area contributed by atoms with Crippen molar-refractivity contribution in [1.29, 1.82) is 0 Å². The Kier molecular flexibility index (Phi) is 6.93. The largest absolute Gasteiger partial charge is 0.123 e. The second-order valence-corrected chi connectivity index (χ2v) is 4.65. The zero-order chi connectivity index (χ0) is 9.56. The minimum atomic E-state index is 0.393. The number of rotatable bonds is 6. The highest BCUT2D eigenvalue weighted by Crippen LogP contribution is 2.25. The van der Waals surface area contributed by atoms with E-state index in [1.54, 1.807) is 0 Å². The van der Waals surface area contributed by atoms with Crippen LogP contribution in [0.1, 0.15) is 53.4 Å². The number of halogens is 1. The van der Waals surface area contributed by atoms with Crippen LogP contribution in [0.2, 0.25) is 0 Å². The normalized spacial score (nSPS) is 16.5. The second kappa shape index (κ2) is 6.77. The molecular weight excluding hydrogens is 168 g/mol. The quantitative estimate of drug-likeness (QED) is 0.543. The zero-order valence-electron chi connectivity index (χ0n) is 8.94. The summed E-state index contributed by atoms with van der Waals surface area (Å²) in [6.07, 6.45) is 4.93. The Hall–Kier alpha value is 0.290. The second-order valence-electron chi connectivity index (χ2n) is 4.03. The van der Waals surface area contributed by atoms with Crippen molar-refractivity contribution in [2.45, 2.75) is 58.8 Å². The number of alkyl halides is 1. The molecule has 0 heterocycles. The number of hydrogen-bond donors (Lipinski definition) is 0. The SMILES string of the molecule is CCCC(CC(Cl)CC)C(C)C. The fourth-order valence-electron chi connectivity index (χ4n) is 1.59. The van der Waals surface area contributed by atoms with Gasteiger partial charge in [-0.25, -0.2) is 0 Å². The van der Waals surface area contributed by atoms with Crippen molar-refractivity contribution in [3.05, 3.63) is 0 Å². The highest BCUT2D eigenvalue weighted by Gasteiger charge is 2.15. The molecule has 0 saturated heterocycles. The van der Waals surface area contributed by atoms with Crippen molar-refractivity contribution in [3.63, 3.8) is 0 Å². The van der Waals surface area contributed by atoms with Gasteiger partial charge < -0.3 is 0 Å². The van der Waals surface area contributed by atoms with Crippen molar-refractivity contribution in [3.8, 4) is 0 Å². The molecule has 0 spiro atoms. The molecule has 0 saturated carbocycles. The molecule has 12 heavy (non-hydrogen) atoms. The van der Waals surface area contributed by atoms with Crippen molar-refractivity contribution in [2.24, 2.45) is 11.8 Å². The molecule has 0 aliphatic rings. The Bertz CT molecular complexity index is 99.2. The molecule has 0 aliphatic heterocycles. The molecule has 0 aromatic carbocycles. The maximum atomic E-state index is 6.14. The van der Waals surface area contributed by atoms with Crippen molar-refractivity contribution < 1.29 is 0 Å². The van der Waals surface area contributed by atoms with E-state index in [0.29, 0.717) is 5.38 Å². The van der Waals surface area contributed by atoms with Gasteiger partial charge in [-0.2, -0.15) is 0 Å². The number of hydrogen-bond acceptors (Lipinski definition) is 0. The van der Waals surface area contributed by atoms with Crippen LogP contribution in [0.5, 0.6) is 0 Å². The van der Waals surface area contributed by atoms with Gasteiger partial charge >= 0.3 is 0 Å². The maximum Gasteiger partial charge on any atom is 0.0336 e. The summed E-state index contributed by atoms with van der Waals surface area (Å²) in [5.74, 6) is 1.62. The van der Waals surface area contributed by atoms with E-state index in [2.05, 4.69) is 27.7 Å². The Morgan fingerprint density at radius 3 is 2.08 bits per heavy atom. The van der Waals surface area contributed by atoms with Crippen molar-refractivity contribution >= 4 is 11.6 Å². The van der Waals surface area contributed by atoms with Crippen molar-refractivity contribution in [2.75, 3.05) is 0 Å². The summed E-state index contributed by atoms with van der Waals surface area (Å²) in [5, 5.41) is 0.393. The van der Waals surface area contributed by atoms with Gasteiger partial charge in [0.2, 0.25) is 0 Å². The molecule has 0 nitrogen and oxygen atoms in total. The molecule has 0 radical (unpaired) electrons. The average Bonchev–Trinajstić information content (AvgIpc) is 2.03. The molecule has 0 aromatic heterocycles. The molecule has 0 rings (SSSR count). The summed E-state index contributed by atoms with van der Waals surface area (Å²) in [5.41, 5.74) is 0. The molecule has 0 fully saturated rings. The third kappa shape index (κ3) is 5.03. The Morgan fingerprint density at radius 2 is 1.75 bits per heavy atom. The zero-order valence-corrected chi connectivity index (χ0v) is 9.69. The molecule has 0 amide bonds. The Labute approximate surface area is 82.7 Å². The van der Waals surface area contributed by atoms with Crippen LogP contribution in [-0.4, -0.2) is 5.38 Å². The summed E-state index contributed by atoms with van der Waals surface area (Å²) >= 11 is 6.14. The monoisotopic (exact) mass is 190 g/mol. The molecule has 1 heteroatoms. The summed E-state index contributed by atoms with van der Waals surface area (Å²) in [7, 11) is 0. The standard InChI is InChI=1S/C11H23Cl/c1-5-7-10(9(3)4)8-11(12)6-2/h9-11H,5-8H2,1-4H3. The summed E-state index contributed by atoms with van der Waals surface area (Å²) in [6, 6.07) is 0. The van der Waals surface area contributed by atoms with E-state index in [-0.39, 0.29) is 0 Å². The van der Waals surface area contributed by atoms with Gasteiger partial charge in [0.05, 0.1) is 0 Å². The lowest BCUT2D eigenvalue weighted by Gasteiger charge is -2.22. The van der Waals surface area contributed by atoms with Crippen LogP contribution in [0.4, 0.5) is 0 Å². The first kappa shape index (κ1) is 12.3. The lowest BCUT2D eigenvalue weighted by Crippen LogP contribution is -2.13. The highest BCUT2D eigenvalue weighted by molar-refractivity contribution is 6.20. The van der Waals surface area contributed by atoms with Crippen molar-refractivity contribution in [1.82, 2.24) is 0 Å². The van der Waals surface area contributed by atoms with E-state index >= 15 is 0 Å². The predicted molar refractivity (Wildman–Crippen MR) is 57.8 cm³/mol. The lowest BCUT2D eigenvalue weighted by atomic mass is 9.87. The van der Waals surface area contributed by atoms with E-state index in [9.17, 15) is 0 Å². The fourth-order valence-corrected chi connectivity index (χ4v) is 1.82. The molecule has 74 valence electrons. The van der Waals surface area contributed by atoms with Crippen LogP contribution in [0.3, 0.4) is 0 Å². The van der Waals surface area contributed by atoms with Gasteiger partial charge in [0.1, 0.15) is 0 Å². The summed E-state index contributed by atoms with van der Waals surface area (Å²) in [4.78, 5) is 0. The van der Waals surface area contributed by atoms with Crippen LogP contribution in [-0.2, 0) is 0 Å². The first-order valence-electron chi connectivity index (χ1n) is 5.25. The average molecular weight is 191 g/mol. The van der Waals surface area contributed by atoms with Crippen LogP contribution in [0, 0.1) is 11.8 Å². The van der Waals surface area contributed by atoms with Gasteiger partial charge in [-0.05, 0) is 24.7 Å². The Balaban J connectivity index is 3.77. The molecule has 0 N–H and O–H groups in total. The van der Waals surface area contributed by atoms with Gasteiger partial charge in [0, 0.05) is 5.38 Å². The van der Waals surface area contributed by atoms with Gasteiger partial charge in [0.15, 0.2) is 0 Å². The van der Waals surface area contributed by atoms with E-state index in [0.717, 1.165) is 18.3 Å². The lowest BCUT2D eigenvalue weighted by molar-refractivity contribution is 0.327. The van der Waals surface area contributed by atoms with E-state index in [1.165, 1.54) is 19.3 Å². The van der Waals surface area contributed by atoms with Gasteiger partial charge in [-0.1, -0.05) is 40.5 Å². The van der Waals surface area contributed by atoms with Crippen LogP contribution in [0.25, 0.3) is 0 Å². The minimum absolute atomic E-state index is 0.393. The van der Waals surface area contributed by atoms with Crippen LogP contribution in [0.15, 0.2) is 0 Å². The van der Waals surface area contributed by atoms with Crippen LogP contribution >= 0.6 is 11.6 Å². The van der Waals surface area contributed by atoms with E-state index < -0.39 is 0 Å². The summed E-state index contributed by atoms with van der Waals surface area (Å²) < 4.78 is 0. The van der Waals surface area contributed by atoms with Crippen LogP contribution < -0.4 is 0 Å². The molecule has 0 aromatic rings. The molecule has 2 atom stereocenters. The third-order valence-corrected chi connectivity index (χ3v) is 3.09. The fraction of sp³-hybridized carbons (Fsp3) is 1.00. The van der Waals surface area contributed by atoms with Gasteiger partial charge in [-0.15, -0.1) is 11.6 Å². The van der Waals surface area contributed by atoms with E-state index in [1.807, 2.05) is 0 Å². The molecule has 2 unspecified atom stereocenters. The highest BCUT2D eigenvalue weighted by atomic mass is 35.5. The molecule has 0 bridgehead atoms. The molecule has 0 aliphatic carbocycles. The minimum Gasteiger partial charge on any atom is -0.123 e. The Morgan fingerprint density at radius 1 is 1.17 bits per heavy atom. The third-order valence-electron chi connectivity index (χ3n) is 2.60.